The van der Waals surface area contributed by atoms with Crippen LogP contribution in [0, 0.1) is 0 Å². The summed E-state index contributed by atoms with van der Waals surface area (Å²) in [6.45, 7) is 1.58. The lowest BCUT2D eigenvalue weighted by molar-refractivity contribution is -0.120. The highest BCUT2D eigenvalue weighted by molar-refractivity contribution is 6.28. The zero-order valence-electron chi connectivity index (χ0n) is 39.5. The Kier molecular flexibility index (Phi) is 15.1. The molecule has 0 spiro atoms. The fraction of sp³-hybridized carbons (Fsp3) is 0.304. The minimum absolute atomic E-state index is 0.0463. The van der Waals surface area contributed by atoms with Gasteiger partial charge < -0.3 is 78.7 Å². The lowest BCUT2D eigenvalue weighted by Gasteiger charge is -2.22. The molecule has 2 fully saturated rings. The minimum Gasteiger partial charge on any atom is -0.493 e. The maximum Gasteiger partial charge on any atom is 0.240 e. The normalized spacial score (nSPS) is 15.1. The monoisotopic (exact) mass is 994 g/mol. The van der Waals surface area contributed by atoms with Gasteiger partial charge >= 0.3 is 0 Å². The highest BCUT2D eigenvalue weighted by Gasteiger charge is 2.32. The summed E-state index contributed by atoms with van der Waals surface area (Å²) in [5.41, 5.74) is 14.3. The van der Waals surface area contributed by atoms with Crippen LogP contribution in [0.15, 0.2) is 82.8 Å². The van der Waals surface area contributed by atoms with Crippen molar-refractivity contribution in [2.24, 2.45) is 11.5 Å². The molecule has 2 aliphatic rings. The van der Waals surface area contributed by atoms with E-state index in [2.05, 4.69) is 45.9 Å². The second-order valence-corrected chi connectivity index (χ2v) is 16.0. The largest absolute Gasteiger partial charge is 0.493 e. The number of primary amides is 2. The number of nitrogens with zero attached hydrogens (tertiary/aromatic N) is 9. The zero-order valence-corrected chi connectivity index (χ0v) is 40.2. The summed E-state index contributed by atoms with van der Waals surface area (Å²) in [6.07, 6.45) is 13.4. The molecule has 6 aromatic heterocycles. The van der Waals surface area contributed by atoms with Crippen molar-refractivity contribution in [3.05, 3.63) is 79.3 Å². The number of imidazole rings is 2. The number of ether oxygens (including phenoxy) is 6. The number of carbonyl (C=O) groups excluding carboxylic acids is 2. The molecule has 25 heteroatoms. The molecule has 2 saturated heterocycles. The van der Waals surface area contributed by atoms with Crippen molar-refractivity contribution in [1.82, 2.24) is 44.4 Å². The van der Waals surface area contributed by atoms with E-state index in [-0.39, 0.29) is 17.2 Å². The number of carbonyl (C=O) groups is 2. The predicted octanol–water partition coefficient (Wildman–Crippen LogP) is 5.69. The molecule has 24 nitrogen and oxygen atoms in total. The van der Waals surface area contributed by atoms with Gasteiger partial charge in [0.2, 0.25) is 34.5 Å². The van der Waals surface area contributed by atoms with E-state index >= 15 is 0 Å². The lowest BCUT2D eigenvalue weighted by atomic mass is 10.2. The molecule has 10 rings (SSSR count). The van der Waals surface area contributed by atoms with Crippen LogP contribution in [0.2, 0.25) is 5.28 Å². The molecule has 8 heterocycles. The van der Waals surface area contributed by atoms with Crippen molar-refractivity contribution < 1.29 is 46.8 Å². The van der Waals surface area contributed by atoms with E-state index in [4.69, 9.17) is 60.3 Å². The van der Waals surface area contributed by atoms with Crippen LogP contribution in [-0.2, 0) is 9.59 Å². The Balaban J connectivity index is 0.000000167. The quantitative estimate of drug-likeness (QED) is 0.0771. The van der Waals surface area contributed by atoms with Gasteiger partial charge in [-0.1, -0.05) is 0 Å². The van der Waals surface area contributed by atoms with Crippen LogP contribution >= 0.6 is 11.6 Å². The summed E-state index contributed by atoms with van der Waals surface area (Å²) in [6, 6.07) is 10.2. The zero-order chi connectivity index (χ0) is 50.2. The van der Waals surface area contributed by atoms with Gasteiger partial charge in [0, 0.05) is 42.9 Å². The number of nitrogens with one attached hydrogen (secondary N) is 3. The first-order valence-electron chi connectivity index (χ1n) is 21.9. The van der Waals surface area contributed by atoms with E-state index in [0.717, 1.165) is 37.2 Å². The van der Waals surface area contributed by atoms with E-state index in [9.17, 15) is 9.59 Å². The molecule has 0 saturated carbocycles. The van der Waals surface area contributed by atoms with Crippen molar-refractivity contribution in [1.29, 1.82) is 0 Å². The van der Waals surface area contributed by atoms with Crippen molar-refractivity contribution >= 4 is 74.8 Å². The molecule has 7 N–H and O–H groups in total. The number of anilines is 5. The molecule has 71 heavy (non-hydrogen) atoms. The molecule has 8 aromatic rings. The first-order valence-corrected chi connectivity index (χ1v) is 22.3. The summed E-state index contributed by atoms with van der Waals surface area (Å²) in [5, 5.41) is 9.39. The van der Waals surface area contributed by atoms with Crippen LogP contribution in [-0.4, -0.2) is 119 Å². The molecule has 2 atom stereocenters. The number of nitrogens with two attached hydrogens (primary N) is 2. The van der Waals surface area contributed by atoms with Gasteiger partial charge in [-0.15, -0.1) is 0 Å². The molecular weight excluding hydrogens is 944 g/mol. The molecule has 372 valence electrons. The van der Waals surface area contributed by atoms with Gasteiger partial charge in [0.1, 0.15) is 41.4 Å². The number of fused-ring (bicyclic) bond motifs is 2. The van der Waals surface area contributed by atoms with E-state index in [1.807, 2.05) is 29.2 Å². The third kappa shape index (κ3) is 10.7. The Morgan fingerprint density at radius 2 is 1.18 bits per heavy atom. The molecule has 2 aliphatic heterocycles. The van der Waals surface area contributed by atoms with Crippen LogP contribution < -0.4 is 60.7 Å². The highest BCUT2D eigenvalue weighted by Crippen LogP contribution is 2.41. The molecule has 0 unspecified atom stereocenters. The number of benzene rings is 2. The van der Waals surface area contributed by atoms with Crippen molar-refractivity contribution in [3.63, 3.8) is 0 Å². The number of hydrogen-bond donors (Lipinski definition) is 5. The van der Waals surface area contributed by atoms with E-state index < -0.39 is 11.9 Å². The number of methoxy groups -OCH3 is 6. The molecule has 2 aromatic carbocycles. The maximum absolute atomic E-state index is 11.9. The fourth-order valence-corrected chi connectivity index (χ4v) is 8.12. The number of halogens is 1. The van der Waals surface area contributed by atoms with Crippen molar-refractivity contribution in [3.8, 4) is 45.9 Å². The van der Waals surface area contributed by atoms with Gasteiger partial charge in [-0.3, -0.25) is 9.59 Å². The number of rotatable bonds is 15. The Labute approximate surface area is 410 Å². The summed E-state index contributed by atoms with van der Waals surface area (Å²) in [4.78, 5) is 50.4. The fourth-order valence-electron chi connectivity index (χ4n) is 7.95. The third-order valence-corrected chi connectivity index (χ3v) is 11.5. The molecule has 0 bridgehead atoms. The Morgan fingerprint density at radius 1 is 0.676 bits per heavy atom. The average Bonchev–Trinajstić information content (AvgIpc) is 4.24. The molecule has 0 radical (unpaired) electrons. The summed E-state index contributed by atoms with van der Waals surface area (Å²) in [5.74, 6) is 4.87. The second kappa shape index (κ2) is 21.8. The van der Waals surface area contributed by atoms with E-state index in [0.29, 0.717) is 98.9 Å². The molecule has 2 amide bonds. The minimum atomic E-state index is -0.438. The number of hydrogen-bond acceptors (Lipinski definition) is 20. The van der Waals surface area contributed by atoms with Crippen LogP contribution in [0.25, 0.3) is 33.6 Å². The maximum atomic E-state index is 11.9. The van der Waals surface area contributed by atoms with Gasteiger partial charge in [-0.05, 0) is 43.8 Å². The summed E-state index contributed by atoms with van der Waals surface area (Å²) < 4.78 is 47.1. The van der Waals surface area contributed by atoms with Crippen LogP contribution in [0.5, 0.6) is 34.5 Å². The smallest absolute Gasteiger partial charge is 0.240 e. The van der Waals surface area contributed by atoms with E-state index in [1.165, 1.54) is 6.26 Å². The predicted molar refractivity (Wildman–Crippen MR) is 261 cm³/mol. The lowest BCUT2D eigenvalue weighted by Crippen LogP contribution is -2.41. The van der Waals surface area contributed by atoms with Crippen molar-refractivity contribution in [2.45, 2.75) is 37.8 Å². The number of aromatic nitrogens is 8. The van der Waals surface area contributed by atoms with Crippen LogP contribution in [0.1, 0.15) is 25.7 Å². The van der Waals surface area contributed by atoms with Gasteiger partial charge in [0.05, 0.1) is 85.0 Å². The number of furan rings is 2. The van der Waals surface area contributed by atoms with Gasteiger partial charge in [-0.25, -0.2) is 19.9 Å². The van der Waals surface area contributed by atoms with Gasteiger partial charge in [0.25, 0.3) is 0 Å². The Bertz CT molecular complexity index is 3100. The van der Waals surface area contributed by atoms with Crippen LogP contribution in [0.3, 0.4) is 0 Å². The third-order valence-electron chi connectivity index (χ3n) is 11.4. The van der Waals surface area contributed by atoms with Gasteiger partial charge in [0.15, 0.2) is 45.8 Å². The molecular formula is C46H51ClN14O10. The van der Waals surface area contributed by atoms with Crippen LogP contribution in [0.4, 0.5) is 29.2 Å². The van der Waals surface area contributed by atoms with E-state index in [1.54, 1.807) is 95.2 Å². The van der Waals surface area contributed by atoms with Gasteiger partial charge in [-0.2, -0.15) is 9.97 Å². The number of amides is 2. The SMILES string of the molecule is COc1cc(-n2cnc(Nc3nc(Cl)nc4ccoc34)c2)cc(OC)c1OC.COc1cc(-n2cnc(Nc3nc(N4CCC[C@@H]4C(N)=O)nc4ccoc34)c2)cc(OC)c1OC.NC(=O)[C@H]1CCCN1. The standard InChI is InChI=1S/C23H25N7O5.C18H16ClN5O4.C5H10N2O/c1-32-16-9-13(10-17(33-2)20(16)34-3)29-11-18(25-12-29)27-22-19-14(6-8-35-19)26-23(28-22)30-7-4-5-15(30)21(24)31;1-25-12-6-10(7-13(26-2)16(12)27-3)24-8-14(20-9-24)22-17-15-11(4-5-28-15)21-18(19)23-17;6-5(8)4-2-1-3-7-4/h6,8-12,15H,4-5,7H2,1-3H3,(H2,24,31)(H,26,27,28);4-9H,1-3H3,(H,21,22,23);4,7H,1-3H2,(H2,6,8)/t15-;;4-/m1.1/s1. The highest BCUT2D eigenvalue weighted by atomic mass is 35.5. The molecule has 0 aliphatic carbocycles. The Morgan fingerprint density at radius 3 is 1.62 bits per heavy atom. The van der Waals surface area contributed by atoms with Crippen molar-refractivity contribution in [2.75, 3.05) is 71.3 Å². The summed E-state index contributed by atoms with van der Waals surface area (Å²) in [7, 11) is 9.36. The summed E-state index contributed by atoms with van der Waals surface area (Å²) >= 11 is 5.97. The Hall–Kier alpha value is -8.51. The first-order chi connectivity index (χ1) is 34.4. The average molecular weight is 995 g/mol. The topological polar surface area (TPSA) is 294 Å². The first kappa shape index (κ1) is 48.9. The second-order valence-electron chi connectivity index (χ2n) is 15.6.